The molecule has 27 heavy (non-hydrogen) atoms. The lowest BCUT2D eigenvalue weighted by molar-refractivity contribution is 0.0919. The quantitative estimate of drug-likeness (QED) is 0.691. The number of amides is 1. The van der Waals surface area contributed by atoms with Crippen molar-refractivity contribution in [3.63, 3.8) is 0 Å². The highest BCUT2D eigenvalue weighted by molar-refractivity contribution is 6.30. The predicted octanol–water partition coefficient (Wildman–Crippen LogP) is 6.16. The van der Waals surface area contributed by atoms with Gasteiger partial charge in [0.05, 0.1) is 0 Å². The molecule has 0 radical (unpaired) electrons. The zero-order valence-corrected chi connectivity index (χ0v) is 17.0. The standard InChI is InChI=1S/C23H25ClN2O/c1-16-7-5-6-12-26(16)21-14-18(17-8-10-20(24)11-9-17)13-19(15-21)22(27)25-23(2,3)4/h6-15H,5H2,1-4H3,(H,25,27). The normalized spacial score (nSPS) is 14.1. The first-order valence-corrected chi connectivity index (χ1v) is 9.47. The van der Waals surface area contributed by atoms with Crippen LogP contribution in [0.5, 0.6) is 0 Å². The van der Waals surface area contributed by atoms with Gasteiger partial charge in [0, 0.05) is 33.7 Å². The maximum atomic E-state index is 12.8. The second-order valence-corrected chi connectivity index (χ2v) is 8.25. The van der Waals surface area contributed by atoms with Gasteiger partial charge in [-0.05, 0) is 75.6 Å². The first kappa shape index (κ1) is 19.2. The van der Waals surface area contributed by atoms with Gasteiger partial charge in [0.2, 0.25) is 0 Å². The predicted molar refractivity (Wildman–Crippen MR) is 114 cm³/mol. The summed E-state index contributed by atoms with van der Waals surface area (Å²) in [5, 5.41) is 3.75. The molecule has 0 atom stereocenters. The van der Waals surface area contributed by atoms with Crippen LogP contribution in [0.2, 0.25) is 5.02 Å². The average molecular weight is 381 g/mol. The van der Waals surface area contributed by atoms with Crippen molar-refractivity contribution in [2.24, 2.45) is 0 Å². The summed E-state index contributed by atoms with van der Waals surface area (Å²) in [5.74, 6) is -0.0813. The van der Waals surface area contributed by atoms with Gasteiger partial charge < -0.3 is 10.2 Å². The number of rotatable bonds is 3. The minimum absolute atomic E-state index is 0.0813. The number of carbonyl (C=O) groups excluding carboxylic acids is 1. The van der Waals surface area contributed by atoms with Gasteiger partial charge in [0.1, 0.15) is 0 Å². The van der Waals surface area contributed by atoms with Gasteiger partial charge in [0.25, 0.3) is 5.91 Å². The van der Waals surface area contributed by atoms with E-state index in [1.165, 1.54) is 0 Å². The maximum absolute atomic E-state index is 12.8. The van der Waals surface area contributed by atoms with E-state index < -0.39 is 0 Å². The van der Waals surface area contributed by atoms with Crippen LogP contribution in [0.15, 0.2) is 66.5 Å². The molecule has 0 aliphatic carbocycles. The molecule has 1 N–H and O–H groups in total. The molecule has 4 heteroatoms. The fourth-order valence-electron chi connectivity index (χ4n) is 3.01. The van der Waals surface area contributed by atoms with Gasteiger partial charge in [-0.3, -0.25) is 4.79 Å². The number of nitrogens with one attached hydrogen (secondary N) is 1. The van der Waals surface area contributed by atoms with Crippen molar-refractivity contribution in [2.75, 3.05) is 4.90 Å². The van der Waals surface area contributed by atoms with Crippen LogP contribution in [0.4, 0.5) is 5.69 Å². The second-order valence-electron chi connectivity index (χ2n) is 7.82. The molecule has 140 valence electrons. The van der Waals surface area contributed by atoms with Crippen molar-refractivity contribution in [3.05, 3.63) is 77.1 Å². The van der Waals surface area contributed by atoms with Crippen molar-refractivity contribution in [2.45, 2.75) is 39.7 Å². The summed E-state index contributed by atoms with van der Waals surface area (Å²) >= 11 is 6.04. The third kappa shape index (κ3) is 4.81. The van der Waals surface area contributed by atoms with Crippen molar-refractivity contribution >= 4 is 23.2 Å². The molecule has 3 nitrogen and oxygen atoms in total. The van der Waals surface area contributed by atoms with E-state index in [0.29, 0.717) is 10.6 Å². The molecular formula is C23H25ClN2O. The molecule has 0 fully saturated rings. The molecule has 0 saturated heterocycles. The molecule has 2 aromatic rings. The lowest BCUT2D eigenvalue weighted by atomic mass is 10.00. The summed E-state index contributed by atoms with van der Waals surface area (Å²) in [6.07, 6.45) is 7.26. The fourth-order valence-corrected chi connectivity index (χ4v) is 3.14. The van der Waals surface area contributed by atoms with Crippen molar-refractivity contribution in [1.29, 1.82) is 0 Å². The highest BCUT2D eigenvalue weighted by atomic mass is 35.5. The van der Waals surface area contributed by atoms with Crippen LogP contribution in [0.25, 0.3) is 11.1 Å². The molecular weight excluding hydrogens is 356 g/mol. The van der Waals surface area contributed by atoms with Crippen LogP contribution in [-0.4, -0.2) is 11.4 Å². The van der Waals surface area contributed by atoms with Crippen LogP contribution in [0, 0.1) is 0 Å². The monoisotopic (exact) mass is 380 g/mol. The number of nitrogens with zero attached hydrogens (tertiary/aromatic N) is 1. The number of hydrogen-bond donors (Lipinski definition) is 1. The van der Waals surface area contributed by atoms with E-state index >= 15 is 0 Å². The molecule has 1 heterocycles. The zero-order chi connectivity index (χ0) is 19.6. The largest absolute Gasteiger partial charge is 0.347 e. The Morgan fingerprint density at radius 1 is 1.07 bits per heavy atom. The second kappa shape index (κ2) is 7.61. The summed E-state index contributed by atoms with van der Waals surface area (Å²) < 4.78 is 0. The van der Waals surface area contributed by atoms with Crippen LogP contribution in [-0.2, 0) is 0 Å². The van der Waals surface area contributed by atoms with E-state index in [0.717, 1.165) is 28.9 Å². The lowest BCUT2D eigenvalue weighted by Crippen LogP contribution is -2.40. The third-order valence-corrected chi connectivity index (χ3v) is 4.56. The highest BCUT2D eigenvalue weighted by Crippen LogP contribution is 2.31. The van der Waals surface area contributed by atoms with Crippen LogP contribution in [0.1, 0.15) is 44.5 Å². The summed E-state index contributed by atoms with van der Waals surface area (Å²) in [7, 11) is 0. The van der Waals surface area contributed by atoms with E-state index in [1.807, 2.05) is 57.2 Å². The third-order valence-electron chi connectivity index (χ3n) is 4.31. The molecule has 0 unspecified atom stereocenters. The van der Waals surface area contributed by atoms with Gasteiger partial charge in [-0.25, -0.2) is 0 Å². The van der Waals surface area contributed by atoms with Gasteiger partial charge in [0.15, 0.2) is 0 Å². The zero-order valence-electron chi connectivity index (χ0n) is 16.2. The summed E-state index contributed by atoms with van der Waals surface area (Å²) in [5.41, 5.74) is 4.45. The topological polar surface area (TPSA) is 32.3 Å². The molecule has 0 bridgehead atoms. The minimum Gasteiger partial charge on any atom is -0.347 e. The Balaban J connectivity index is 2.08. The van der Waals surface area contributed by atoms with E-state index in [2.05, 4.69) is 41.6 Å². The molecule has 0 spiro atoms. The molecule has 3 rings (SSSR count). The molecule has 2 aromatic carbocycles. The van der Waals surface area contributed by atoms with Gasteiger partial charge in [-0.15, -0.1) is 0 Å². The van der Waals surface area contributed by atoms with Crippen molar-refractivity contribution < 1.29 is 4.79 Å². The number of benzene rings is 2. The Kier molecular flexibility index (Phi) is 5.43. The Hall–Kier alpha value is -2.52. The number of anilines is 1. The Labute approximate surface area is 166 Å². The van der Waals surface area contributed by atoms with E-state index in [4.69, 9.17) is 11.6 Å². The number of carbonyl (C=O) groups is 1. The van der Waals surface area contributed by atoms with Gasteiger partial charge >= 0.3 is 0 Å². The van der Waals surface area contributed by atoms with E-state index in [-0.39, 0.29) is 11.4 Å². The molecule has 1 amide bonds. The van der Waals surface area contributed by atoms with Crippen molar-refractivity contribution in [3.8, 4) is 11.1 Å². The average Bonchev–Trinajstić information content (AvgIpc) is 2.61. The lowest BCUT2D eigenvalue weighted by Gasteiger charge is -2.26. The van der Waals surface area contributed by atoms with Crippen LogP contribution >= 0.6 is 11.6 Å². The minimum atomic E-state index is -0.297. The van der Waals surface area contributed by atoms with Crippen LogP contribution < -0.4 is 10.2 Å². The van der Waals surface area contributed by atoms with Crippen molar-refractivity contribution in [1.82, 2.24) is 5.32 Å². The number of allylic oxidation sites excluding steroid dienone is 3. The highest BCUT2D eigenvalue weighted by Gasteiger charge is 2.18. The molecule has 1 aliphatic heterocycles. The Morgan fingerprint density at radius 2 is 1.78 bits per heavy atom. The molecule has 0 aromatic heterocycles. The number of halogens is 1. The first-order valence-electron chi connectivity index (χ1n) is 9.09. The van der Waals surface area contributed by atoms with E-state index in [9.17, 15) is 4.79 Å². The molecule has 1 aliphatic rings. The van der Waals surface area contributed by atoms with Gasteiger partial charge in [-0.1, -0.05) is 35.9 Å². The SMILES string of the molecule is CC1=CCC=CN1c1cc(C(=O)NC(C)(C)C)cc(-c2ccc(Cl)cc2)c1. The van der Waals surface area contributed by atoms with E-state index in [1.54, 1.807) is 0 Å². The maximum Gasteiger partial charge on any atom is 0.251 e. The summed E-state index contributed by atoms with van der Waals surface area (Å²) in [4.78, 5) is 14.9. The fraction of sp³-hybridized carbons (Fsp3) is 0.261. The number of hydrogen-bond acceptors (Lipinski definition) is 2. The molecule has 0 saturated carbocycles. The summed E-state index contributed by atoms with van der Waals surface area (Å²) in [6, 6.07) is 13.6. The Morgan fingerprint density at radius 3 is 2.41 bits per heavy atom. The Bertz CT molecular complexity index is 905. The first-order chi connectivity index (χ1) is 12.7. The van der Waals surface area contributed by atoms with Crippen LogP contribution in [0.3, 0.4) is 0 Å². The van der Waals surface area contributed by atoms with Gasteiger partial charge in [-0.2, -0.15) is 0 Å². The summed E-state index contributed by atoms with van der Waals surface area (Å²) in [6.45, 7) is 8.02. The smallest absolute Gasteiger partial charge is 0.251 e.